The Kier molecular flexibility index (Phi) is 2.61. The summed E-state index contributed by atoms with van der Waals surface area (Å²) in [5, 5.41) is 10.6. The van der Waals surface area contributed by atoms with E-state index in [1.807, 2.05) is 6.92 Å². The number of hydrogen-bond acceptors (Lipinski definition) is 5. The Labute approximate surface area is 96.9 Å². The summed E-state index contributed by atoms with van der Waals surface area (Å²) in [5.74, 6) is 0.461. The minimum Gasteiger partial charge on any atom is -0.356 e. The summed E-state index contributed by atoms with van der Waals surface area (Å²) in [6, 6.07) is 1.66. The summed E-state index contributed by atoms with van der Waals surface area (Å²) in [4.78, 5) is 0. The van der Waals surface area contributed by atoms with Crippen LogP contribution in [0.3, 0.4) is 0 Å². The molecule has 2 rings (SSSR count). The van der Waals surface area contributed by atoms with Gasteiger partial charge in [0.1, 0.15) is 4.21 Å². The van der Waals surface area contributed by atoms with E-state index in [0.717, 1.165) is 22.6 Å². The van der Waals surface area contributed by atoms with Crippen LogP contribution in [0.2, 0.25) is 0 Å². The number of nitrogens with zero attached hydrogens (tertiary/aromatic N) is 1. The fourth-order valence-electron chi connectivity index (χ4n) is 1.35. The smallest absolute Gasteiger partial charge is 0.248 e. The third-order valence-electron chi connectivity index (χ3n) is 2.29. The third kappa shape index (κ3) is 1.77. The van der Waals surface area contributed by atoms with Crippen molar-refractivity contribution < 1.29 is 12.9 Å². The molecule has 2 N–H and O–H groups in total. The van der Waals surface area contributed by atoms with Gasteiger partial charge in [-0.1, -0.05) is 5.16 Å². The van der Waals surface area contributed by atoms with E-state index in [4.69, 9.17) is 9.66 Å². The second kappa shape index (κ2) is 3.69. The molecule has 0 aliphatic heterocycles. The maximum atomic E-state index is 11.3. The number of hydrogen-bond donors (Lipinski definition) is 1. The normalized spacial score (nSPS) is 11.9. The molecule has 0 bridgehead atoms. The fraction of sp³-hybridized carbons (Fsp3) is 0.222. The first-order chi connectivity index (χ1) is 7.41. The zero-order valence-corrected chi connectivity index (χ0v) is 10.4. The SMILES string of the molecule is Cc1noc(-c2ccsc2S(N)(=O)=O)c1C. The summed E-state index contributed by atoms with van der Waals surface area (Å²) in [6.07, 6.45) is 0. The molecule has 7 heteroatoms. The molecule has 0 aromatic carbocycles. The van der Waals surface area contributed by atoms with Gasteiger partial charge in [0, 0.05) is 5.56 Å². The van der Waals surface area contributed by atoms with E-state index >= 15 is 0 Å². The standard InChI is InChI=1S/C9H10N2O3S2/c1-5-6(2)11-14-8(5)7-3-4-15-9(7)16(10,12)13/h3-4H,1-2H3,(H2,10,12,13). The van der Waals surface area contributed by atoms with Crippen molar-refractivity contribution in [1.82, 2.24) is 5.16 Å². The topological polar surface area (TPSA) is 86.2 Å². The molecule has 0 amide bonds. The predicted molar refractivity (Wildman–Crippen MR) is 60.7 cm³/mol. The van der Waals surface area contributed by atoms with Crippen LogP contribution in [0, 0.1) is 13.8 Å². The van der Waals surface area contributed by atoms with Gasteiger partial charge in [0.15, 0.2) is 5.76 Å². The number of aryl methyl sites for hydroxylation is 1. The van der Waals surface area contributed by atoms with Crippen LogP contribution in [0.15, 0.2) is 20.2 Å². The molecule has 0 atom stereocenters. The molecule has 0 saturated carbocycles. The summed E-state index contributed by atoms with van der Waals surface area (Å²) < 4.78 is 27.9. The molecule has 16 heavy (non-hydrogen) atoms. The molecule has 0 aliphatic rings. The molecule has 2 aromatic rings. The van der Waals surface area contributed by atoms with E-state index in [-0.39, 0.29) is 4.21 Å². The first-order valence-corrected chi connectivity index (χ1v) is 6.87. The zero-order valence-electron chi connectivity index (χ0n) is 8.72. The van der Waals surface area contributed by atoms with E-state index in [9.17, 15) is 8.42 Å². The molecule has 0 aliphatic carbocycles. The minimum absolute atomic E-state index is 0.103. The van der Waals surface area contributed by atoms with Gasteiger partial charge in [0.2, 0.25) is 10.0 Å². The van der Waals surface area contributed by atoms with Gasteiger partial charge in [-0.2, -0.15) is 0 Å². The third-order valence-corrected chi connectivity index (χ3v) is 4.72. The van der Waals surface area contributed by atoms with E-state index in [0.29, 0.717) is 11.3 Å². The molecule has 5 nitrogen and oxygen atoms in total. The van der Waals surface area contributed by atoms with Gasteiger partial charge in [-0.15, -0.1) is 11.3 Å². The van der Waals surface area contributed by atoms with Crippen molar-refractivity contribution in [3.8, 4) is 11.3 Å². The quantitative estimate of drug-likeness (QED) is 0.887. The van der Waals surface area contributed by atoms with Crippen LogP contribution < -0.4 is 5.14 Å². The van der Waals surface area contributed by atoms with Gasteiger partial charge < -0.3 is 4.52 Å². The maximum Gasteiger partial charge on any atom is 0.248 e. The molecule has 0 fully saturated rings. The van der Waals surface area contributed by atoms with Crippen molar-refractivity contribution in [2.45, 2.75) is 18.1 Å². The number of thiophene rings is 1. The molecular weight excluding hydrogens is 248 g/mol. The van der Waals surface area contributed by atoms with Gasteiger partial charge in [0.25, 0.3) is 0 Å². The first kappa shape index (κ1) is 11.3. The van der Waals surface area contributed by atoms with Crippen molar-refractivity contribution in [3.63, 3.8) is 0 Å². The van der Waals surface area contributed by atoms with Gasteiger partial charge in [0.05, 0.1) is 11.3 Å². The Balaban J connectivity index is 2.67. The molecule has 2 aromatic heterocycles. The highest BCUT2D eigenvalue weighted by atomic mass is 32.2. The Hall–Kier alpha value is -1.18. The summed E-state index contributed by atoms with van der Waals surface area (Å²) in [5.41, 5.74) is 2.04. The van der Waals surface area contributed by atoms with Crippen LogP contribution in [0.1, 0.15) is 11.3 Å². The predicted octanol–water partition coefficient (Wildman–Crippen LogP) is 1.67. The van der Waals surface area contributed by atoms with E-state index in [2.05, 4.69) is 5.16 Å². The molecule has 86 valence electrons. The molecule has 0 saturated heterocycles. The Morgan fingerprint density at radius 2 is 2.12 bits per heavy atom. The molecule has 0 radical (unpaired) electrons. The fourth-order valence-corrected chi connectivity index (χ4v) is 3.14. The van der Waals surface area contributed by atoms with Gasteiger partial charge in [-0.3, -0.25) is 0 Å². The first-order valence-electron chi connectivity index (χ1n) is 4.45. The second-order valence-electron chi connectivity index (χ2n) is 3.39. The van der Waals surface area contributed by atoms with Crippen molar-refractivity contribution in [1.29, 1.82) is 0 Å². The Morgan fingerprint density at radius 3 is 2.62 bits per heavy atom. The average Bonchev–Trinajstić information content (AvgIpc) is 2.74. The van der Waals surface area contributed by atoms with Crippen molar-refractivity contribution >= 4 is 21.4 Å². The van der Waals surface area contributed by atoms with Gasteiger partial charge >= 0.3 is 0 Å². The van der Waals surface area contributed by atoms with Crippen molar-refractivity contribution in [3.05, 3.63) is 22.7 Å². The highest BCUT2D eigenvalue weighted by molar-refractivity contribution is 7.91. The van der Waals surface area contributed by atoms with Crippen LogP contribution in [0.5, 0.6) is 0 Å². The van der Waals surface area contributed by atoms with Crippen LogP contribution in [0.25, 0.3) is 11.3 Å². The van der Waals surface area contributed by atoms with Crippen LogP contribution in [-0.4, -0.2) is 13.6 Å². The molecule has 0 spiro atoms. The lowest BCUT2D eigenvalue weighted by atomic mass is 10.1. The summed E-state index contributed by atoms with van der Waals surface area (Å²) >= 11 is 1.07. The number of aromatic nitrogens is 1. The second-order valence-corrected chi connectivity index (χ2v) is 6.06. The summed E-state index contributed by atoms with van der Waals surface area (Å²) in [7, 11) is -3.72. The average molecular weight is 258 g/mol. The van der Waals surface area contributed by atoms with Crippen molar-refractivity contribution in [2.75, 3.05) is 0 Å². The van der Waals surface area contributed by atoms with E-state index in [1.54, 1.807) is 18.4 Å². The molecule has 0 unspecified atom stereocenters. The minimum atomic E-state index is -3.72. The van der Waals surface area contributed by atoms with Crippen LogP contribution in [-0.2, 0) is 10.0 Å². The zero-order chi connectivity index (χ0) is 11.9. The van der Waals surface area contributed by atoms with Crippen molar-refractivity contribution in [2.24, 2.45) is 5.14 Å². The van der Waals surface area contributed by atoms with Crippen LogP contribution in [0.4, 0.5) is 0 Å². The van der Waals surface area contributed by atoms with E-state index in [1.165, 1.54) is 0 Å². The molecule has 2 heterocycles. The Morgan fingerprint density at radius 1 is 1.44 bits per heavy atom. The number of nitrogens with two attached hydrogens (primary N) is 1. The monoisotopic (exact) mass is 258 g/mol. The maximum absolute atomic E-state index is 11.3. The number of rotatable bonds is 2. The van der Waals surface area contributed by atoms with Gasteiger partial charge in [-0.25, -0.2) is 13.6 Å². The van der Waals surface area contributed by atoms with E-state index < -0.39 is 10.0 Å². The lowest BCUT2D eigenvalue weighted by Gasteiger charge is -1.98. The highest BCUT2D eigenvalue weighted by Gasteiger charge is 2.21. The summed E-state index contributed by atoms with van der Waals surface area (Å²) in [6.45, 7) is 3.62. The number of primary sulfonamides is 1. The molecular formula is C9H10N2O3S2. The highest BCUT2D eigenvalue weighted by Crippen LogP contribution is 2.34. The lowest BCUT2D eigenvalue weighted by molar-refractivity contribution is 0.426. The Bertz CT molecular complexity index is 625. The largest absolute Gasteiger partial charge is 0.356 e. The lowest BCUT2D eigenvalue weighted by Crippen LogP contribution is -2.11. The van der Waals surface area contributed by atoms with Gasteiger partial charge in [-0.05, 0) is 25.3 Å². The van der Waals surface area contributed by atoms with Crippen LogP contribution >= 0.6 is 11.3 Å². The number of sulfonamides is 1.